The molecule has 0 amide bonds. The van der Waals surface area contributed by atoms with Gasteiger partial charge in [0.2, 0.25) is 0 Å². The molecule has 0 N–H and O–H groups in total. The topological polar surface area (TPSA) is 46.6 Å². The molecule has 0 fully saturated rings. The fourth-order valence-corrected chi connectivity index (χ4v) is 3.91. The second-order valence-corrected chi connectivity index (χ2v) is 8.33. The van der Waals surface area contributed by atoms with Crippen molar-refractivity contribution in [3.05, 3.63) is 65.7 Å². The number of rotatable bonds is 7. The quantitative estimate of drug-likeness (QED) is 0.677. The van der Waals surface area contributed by atoms with Gasteiger partial charge in [-0.05, 0) is 69.3 Å². The minimum Gasteiger partial charge on any atom is -0.379 e. The lowest BCUT2D eigenvalue weighted by atomic mass is 9.93. The summed E-state index contributed by atoms with van der Waals surface area (Å²) in [5, 5.41) is 0. The van der Waals surface area contributed by atoms with E-state index < -0.39 is 10.1 Å². The lowest BCUT2D eigenvalue weighted by Crippen LogP contribution is -2.20. The first-order valence-corrected chi connectivity index (χ1v) is 10.1. The van der Waals surface area contributed by atoms with Gasteiger partial charge < -0.3 is 9.08 Å². The molecule has 140 valence electrons. The molecule has 5 heteroatoms. The summed E-state index contributed by atoms with van der Waals surface area (Å²) >= 11 is 0. The Hall–Kier alpha value is -2.11. The van der Waals surface area contributed by atoms with E-state index in [0.29, 0.717) is 11.7 Å². The van der Waals surface area contributed by atoms with Gasteiger partial charge in [0.1, 0.15) is 10.6 Å². The first kappa shape index (κ1) is 20.2. The fourth-order valence-electron chi connectivity index (χ4n) is 2.99. The third-order valence-electron chi connectivity index (χ3n) is 4.16. The van der Waals surface area contributed by atoms with Crippen molar-refractivity contribution >= 4 is 15.7 Å². The smallest absolute Gasteiger partial charge is 0.339 e. The minimum atomic E-state index is -3.85. The van der Waals surface area contributed by atoms with Gasteiger partial charge in [-0.3, -0.25) is 0 Å². The number of allylic oxidation sites excluding steroid dienone is 1. The Morgan fingerprint density at radius 2 is 1.81 bits per heavy atom. The zero-order chi connectivity index (χ0) is 19.3. The Morgan fingerprint density at radius 3 is 2.38 bits per heavy atom. The molecule has 0 aliphatic heterocycles. The van der Waals surface area contributed by atoms with Gasteiger partial charge in [-0.2, -0.15) is 8.42 Å². The number of hydrogen-bond acceptors (Lipinski definition) is 4. The predicted octanol–water partition coefficient (Wildman–Crippen LogP) is 4.36. The molecule has 1 unspecified atom stereocenters. The number of hydrogen-bond donors (Lipinski definition) is 0. The standard InChI is InChI=1S/C21H27NO3S/c1-6-21(17(3)15-22(4)5)18-8-7-9-19(14-18)25-26(23,24)20-12-10-16(2)11-13-20/h6-14,17H,15H2,1-5H3. The van der Waals surface area contributed by atoms with E-state index in [9.17, 15) is 8.42 Å². The molecule has 2 rings (SSSR count). The molecule has 0 saturated carbocycles. The van der Waals surface area contributed by atoms with E-state index >= 15 is 0 Å². The predicted molar refractivity (Wildman–Crippen MR) is 107 cm³/mol. The summed E-state index contributed by atoms with van der Waals surface area (Å²) in [6, 6.07) is 13.9. The van der Waals surface area contributed by atoms with E-state index in [1.807, 2.05) is 40.1 Å². The molecule has 0 heterocycles. The Balaban J connectivity index is 2.27. The second kappa shape index (κ2) is 8.52. The van der Waals surface area contributed by atoms with Crippen molar-refractivity contribution in [3.8, 4) is 5.75 Å². The molecule has 26 heavy (non-hydrogen) atoms. The Kier molecular flexibility index (Phi) is 6.62. The molecular weight excluding hydrogens is 346 g/mol. The zero-order valence-corrected chi connectivity index (χ0v) is 16.9. The van der Waals surface area contributed by atoms with Crippen LogP contribution >= 0.6 is 0 Å². The lowest BCUT2D eigenvalue weighted by Gasteiger charge is -2.20. The zero-order valence-electron chi connectivity index (χ0n) is 16.1. The van der Waals surface area contributed by atoms with E-state index in [-0.39, 0.29) is 4.90 Å². The fraction of sp³-hybridized carbons (Fsp3) is 0.333. The number of nitrogens with zero attached hydrogens (tertiary/aromatic N) is 1. The van der Waals surface area contributed by atoms with Gasteiger partial charge in [0.25, 0.3) is 0 Å². The third kappa shape index (κ3) is 5.19. The molecule has 0 radical (unpaired) electrons. The monoisotopic (exact) mass is 373 g/mol. The molecule has 2 aromatic rings. The number of benzene rings is 2. The highest BCUT2D eigenvalue weighted by atomic mass is 32.2. The molecule has 1 atom stereocenters. The largest absolute Gasteiger partial charge is 0.379 e. The molecule has 4 nitrogen and oxygen atoms in total. The molecule has 0 aromatic heterocycles. The summed E-state index contributed by atoms with van der Waals surface area (Å²) in [7, 11) is 0.232. The van der Waals surface area contributed by atoms with Crippen LogP contribution in [0, 0.1) is 12.8 Å². The lowest BCUT2D eigenvalue weighted by molar-refractivity contribution is 0.376. The van der Waals surface area contributed by atoms with Gasteiger partial charge >= 0.3 is 10.1 Å². The van der Waals surface area contributed by atoms with Crippen LogP contribution in [0.25, 0.3) is 5.57 Å². The maximum atomic E-state index is 12.5. The molecule has 0 aliphatic carbocycles. The van der Waals surface area contributed by atoms with E-state index in [4.69, 9.17) is 4.18 Å². The molecule has 0 aliphatic rings. The molecule has 0 saturated heterocycles. The van der Waals surface area contributed by atoms with Gasteiger partial charge in [-0.25, -0.2) is 0 Å². The summed E-state index contributed by atoms with van der Waals surface area (Å²) in [5.74, 6) is 0.637. The third-order valence-corrected chi connectivity index (χ3v) is 5.43. The maximum Gasteiger partial charge on any atom is 0.339 e. The van der Waals surface area contributed by atoms with E-state index in [2.05, 4.69) is 17.9 Å². The average molecular weight is 374 g/mol. The minimum absolute atomic E-state index is 0.153. The van der Waals surface area contributed by atoms with Gasteiger partial charge in [-0.15, -0.1) is 0 Å². The SMILES string of the molecule is CC=C(c1cccc(OS(=O)(=O)c2ccc(C)cc2)c1)C(C)CN(C)C. The highest BCUT2D eigenvalue weighted by molar-refractivity contribution is 7.87. The highest BCUT2D eigenvalue weighted by Gasteiger charge is 2.18. The van der Waals surface area contributed by atoms with Crippen LogP contribution in [0.3, 0.4) is 0 Å². The van der Waals surface area contributed by atoms with Crippen molar-refractivity contribution in [2.75, 3.05) is 20.6 Å². The van der Waals surface area contributed by atoms with Crippen LogP contribution in [0.15, 0.2) is 59.5 Å². The van der Waals surface area contributed by atoms with Gasteiger partial charge in [-0.1, -0.05) is 42.8 Å². The first-order valence-electron chi connectivity index (χ1n) is 8.65. The Bertz CT molecular complexity index is 868. The van der Waals surface area contributed by atoms with Crippen LogP contribution in [0.1, 0.15) is 25.0 Å². The van der Waals surface area contributed by atoms with E-state index in [1.54, 1.807) is 36.4 Å². The van der Waals surface area contributed by atoms with E-state index in [1.165, 1.54) is 0 Å². The maximum absolute atomic E-state index is 12.5. The highest BCUT2D eigenvalue weighted by Crippen LogP contribution is 2.28. The van der Waals surface area contributed by atoms with Crippen LogP contribution < -0.4 is 4.18 Å². The van der Waals surface area contributed by atoms with Crippen LogP contribution in [0.2, 0.25) is 0 Å². The molecule has 2 aromatic carbocycles. The van der Waals surface area contributed by atoms with E-state index in [0.717, 1.165) is 23.2 Å². The summed E-state index contributed by atoms with van der Waals surface area (Å²) in [4.78, 5) is 2.29. The van der Waals surface area contributed by atoms with Crippen molar-refractivity contribution in [1.29, 1.82) is 0 Å². The van der Waals surface area contributed by atoms with Crippen molar-refractivity contribution in [2.45, 2.75) is 25.7 Å². The normalized spacial score (nSPS) is 13.7. The van der Waals surface area contributed by atoms with Crippen LogP contribution in [-0.4, -0.2) is 34.0 Å². The second-order valence-electron chi connectivity index (χ2n) is 6.79. The Morgan fingerprint density at radius 1 is 1.15 bits per heavy atom. The molecular formula is C21H27NO3S. The van der Waals surface area contributed by atoms with Crippen molar-refractivity contribution in [1.82, 2.24) is 4.90 Å². The molecule has 0 bridgehead atoms. The van der Waals surface area contributed by atoms with Crippen molar-refractivity contribution in [2.24, 2.45) is 5.92 Å². The average Bonchev–Trinajstić information content (AvgIpc) is 2.55. The molecule has 0 spiro atoms. The van der Waals surface area contributed by atoms with Crippen molar-refractivity contribution < 1.29 is 12.6 Å². The van der Waals surface area contributed by atoms with Gasteiger partial charge in [0.15, 0.2) is 0 Å². The summed E-state index contributed by atoms with van der Waals surface area (Å²) < 4.78 is 30.4. The van der Waals surface area contributed by atoms with Crippen LogP contribution in [0.4, 0.5) is 0 Å². The van der Waals surface area contributed by atoms with Gasteiger partial charge in [0.05, 0.1) is 0 Å². The van der Waals surface area contributed by atoms with Crippen LogP contribution in [-0.2, 0) is 10.1 Å². The van der Waals surface area contributed by atoms with Crippen LogP contribution in [0.5, 0.6) is 5.75 Å². The summed E-state index contributed by atoms with van der Waals surface area (Å²) in [5.41, 5.74) is 3.13. The van der Waals surface area contributed by atoms with Gasteiger partial charge in [0, 0.05) is 6.54 Å². The summed E-state index contributed by atoms with van der Waals surface area (Å²) in [6.45, 7) is 6.98. The summed E-state index contributed by atoms with van der Waals surface area (Å²) in [6.07, 6.45) is 2.07. The first-order chi connectivity index (χ1) is 12.2. The number of aryl methyl sites for hydroxylation is 1. The Labute approximate surface area is 157 Å². The van der Waals surface area contributed by atoms with Crippen molar-refractivity contribution in [3.63, 3.8) is 0 Å².